The van der Waals surface area contributed by atoms with Crippen LogP contribution in [0.5, 0.6) is 5.75 Å². The van der Waals surface area contributed by atoms with Gasteiger partial charge in [0.1, 0.15) is 17.4 Å². The van der Waals surface area contributed by atoms with Crippen LogP contribution in [0.4, 0.5) is 0 Å². The molecule has 0 saturated carbocycles. The van der Waals surface area contributed by atoms with Crippen molar-refractivity contribution < 1.29 is 19.1 Å². The summed E-state index contributed by atoms with van der Waals surface area (Å²) in [7, 11) is 1.34. The zero-order chi connectivity index (χ0) is 20.2. The second kappa shape index (κ2) is 8.31. The number of likely N-dealkylation sites (tertiary alicyclic amines) is 1. The van der Waals surface area contributed by atoms with Gasteiger partial charge in [-0.2, -0.15) is 0 Å². The molecule has 0 radical (unpaired) electrons. The van der Waals surface area contributed by atoms with Gasteiger partial charge in [0.2, 0.25) is 0 Å². The van der Waals surface area contributed by atoms with Crippen molar-refractivity contribution in [2.24, 2.45) is 0 Å². The second-order valence-corrected chi connectivity index (χ2v) is 7.01. The van der Waals surface area contributed by atoms with Gasteiger partial charge in [-0.15, -0.1) is 0 Å². The third-order valence-corrected chi connectivity index (χ3v) is 5.17. The lowest BCUT2D eigenvalue weighted by molar-refractivity contribution is 0.0586. The number of amides is 1. The SMILES string of the molecule is COC(=O)c1ccc(C(=O)N2CCC(Oc3cccc4cccnc34)CC2)cc1. The number of para-hydroxylation sites is 1. The topological polar surface area (TPSA) is 68.7 Å². The molecule has 1 aromatic heterocycles. The van der Waals surface area contributed by atoms with Crippen LogP contribution in [0.1, 0.15) is 33.6 Å². The lowest BCUT2D eigenvalue weighted by Gasteiger charge is -2.32. The number of carbonyl (C=O) groups is 2. The Morgan fingerprint density at radius 3 is 2.38 bits per heavy atom. The van der Waals surface area contributed by atoms with Gasteiger partial charge < -0.3 is 14.4 Å². The summed E-state index contributed by atoms with van der Waals surface area (Å²) in [6, 6.07) is 16.4. The van der Waals surface area contributed by atoms with Crippen molar-refractivity contribution in [1.29, 1.82) is 0 Å². The number of hydrogen-bond donors (Lipinski definition) is 0. The number of piperidine rings is 1. The minimum atomic E-state index is -0.412. The first-order valence-corrected chi connectivity index (χ1v) is 9.64. The maximum atomic E-state index is 12.7. The molecule has 1 aliphatic heterocycles. The molecule has 148 valence electrons. The Morgan fingerprint density at radius 2 is 1.66 bits per heavy atom. The molecule has 1 amide bonds. The highest BCUT2D eigenvalue weighted by molar-refractivity contribution is 5.96. The van der Waals surface area contributed by atoms with E-state index in [-0.39, 0.29) is 12.0 Å². The van der Waals surface area contributed by atoms with E-state index in [1.54, 1.807) is 30.5 Å². The standard InChI is InChI=1S/C23H22N2O4/c1-28-23(27)18-9-7-17(8-10-18)22(26)25-14-11-19(12-15-25)29-20-6-2-4-16-5-3-13-24-21(16)20/h2-10,13,19H,11-12,14-15H2,1H3. The molecule has 1 saturated heterocycles. The summed E-state index contributed by atoms with van der Waals surface area (Å²) in [6.07, 6.45) is 3.33. The quantitative estimate of drug-likeness (QED) is 0.636. The molecular formula is C23H22N2O4. The molecule has 0 bridgehead atoms. The molecular weight excluding hydrogens is 368 g/mol. The monoisotopic (exact) mass is 390 g/mol. The first-order valence-electron chi connectivity index (χ1n) is 9.64. The molecule has 6 nitrogen and oxygen atoms in total. The number of esters is 1. The van der Waals surface area contributed by atoms with Gasteiger partial charge in [0.15, 0.2) is 0 Å². The fourth-order valence-electron chi connectivity index (χ4n) is 3.58. The van der Waals surface area contributed by atoms with Crippen molar-refractivity contribution in [3.63, 3.8) is 0 Å². The lowest BCUT2D eigenvalue weighted by Crippen LogP contribution is -2.41. The maximum Gasteiger partial charge on any atom is 0.337 e. The van der Waals surface area contributed by atoms with Gasteiger partial charge in [-0.25, -0.2) is 4.79 Å². The molecule has 1 fully saturated rings. The van der Waals surface area contributed by atoms with Crippen LogP contribution >= 0.6 is 0 Å². The van der Waals surface area contributed by atoms with Crippen molar-refractivity contribution in [3.8, 4) is 5.75 Å². The predicted octanol–water partition coefficient (Wildman–Crippen LogP) is 3.71. The molecule has 2 aromatic carbocycles. The van der Waals surface area contributed by atoms with Gasteiger partial charge in [0.05, 0.1) is 12.7 Å². The lowest BCUT2D eigenvalue weighted by atomic mass is 10.1. The minimum Gasteiger partial charge on any atom is -0.488 e. The van der Waals surface area contributed by atoms with E-state index in [0.717, 1.165) is 29.5 Å². The Labute approximate surface area is 169 Å². The van der Waals surface area contributed by atoms with E-state index in [9.17, 15) is 9.59 Å². The Hall–Kier alpha value is -3.41. The fraction of sp³-hybridized carbons (Fsp3) is 0.261. The zero-order valence-electron chi connectivity index (χ0n) is 16.2. The number of nitrogens with zero attached hydrogens (tertiary/aromatic N) is 2. The number of benzene rings is 2. The number of pyridine rings is 1. The van der Waals surface area contributed by atoms with Crippen LogP contribution in [0, 0.1) is 0 Å². The van der Waals surface area contributed by atoms with Gasteiger partial charge in [0.25, 0.3) is 5.91 Å². The summed E-state index contributed by atoms with van der Waals surface area (Å²) in [5.41, 5.74) is 1.86. The third-order valence-electron chi connectivity index (χ3n) is 5.17. The van der Waals surface area contributed by atoms with Gasteiger partial charge in [-0.1, -0.05) is 18.2 Å². The molecule has 0 atom stereocenters. The normalized spacial score (nSPS) is 14.6. The summed E-state index contributed by atoms with van der Waals surface area (Å²) in [6.45, 7) is 1.25. The number of aromatic nitrogens is 1. The predicted molar refractivity (Wildman–Crippen MR) is 109 cm³/mol. The van der Waals surface area contributed by atoms with Crippen LogP contribution in [0.25, 0.3) is 10.9 Å². The largest absolute Gasteiger partial charge is 0.488 e. The molecule has 29 heavy (non-hydrogen) atoms. The molecule has 6 heteroatoms. The molecule has 3 aromatic rings. The Balaban J connectivity index is 1.37. The molecule has 4 rings (SSSR count). The summed E-state index contributed by atoms with van der Waals surface area (Å²) < 4.78 is 10.9. The van der Waals surface area contributed by atoms with Gasteiger partial charge in [-0.3, -0.25) is 9.78 Å². The van der Waals surface area contributed by atoms with Crippen molar-refractivity contribution >= 4 is 22.8 Å². The van der Waals surface area contributed by atoms with Crippen molar-refractivity contribution in [2.45, 2.75) is 18.9 Å². The second-order valence-electron chi connectivity index (χ2n) is 7.01. The van der Waals surface area contributed by atoms with E-state index < -0.39 is 5.97 Å². The minimum absolute atomic E-state index is 0.0355. The Bertz CT molecular complexity index is 1020. The number of rotatable bonds is 4. The molecule has 1 aliphatic rings. The summed E-state index contributed by atoms with van der Waals surface area (Å²) >= 11 is 0. The Morgan fingerprint density at radius 1 is 0.966 bits per heavy atom. The molecule has 0 N–H and O–H groups in total. The van der Waals surface area contributed by atoms with E-state index in [2.05, 4.69) is 9.72 Å². The number of ether oxygens (including phenoxy) is 2. The number of fused-ring (bicyclic) bond motifs is 1. The highest BCUT2D eigenvalue weighted by atomic mass is 16.5. The highest BCUT2D eigenvalue weighted by Gasteiger charge is 2.25. The maximum absolute atomic E-state index is 12.7. The van der Waals surface area contributed by atoms with Crippen molar-refractivity contribution in [2.75, 3.05) is 20.2 Å². The average Bonchev–Trinajstić information content (AvgIpc) is 2.79. The van der Waals surface area contributed by atoms with Crippen LogP contribution in [-0.2, 0) is 4.74 Å². The molecule has 0 unspecified atom stereocenters. The van der Waals surface area contributed by atoms with Gasteiger partial charge >= 0.3 is 5.97 Å². The first-order chi connectivity index (χ1) is 14.2. The number of carbonyl (C=O) groups excluding carboxylic acids is 2. The van der Waals surface area contributed by atoms with Crippen molar-refractivity contribution in [3.05, 3.63) is 71.9 Å². The third kappa shape index (κ3) is 4.06. The molecule has 0 aliphatic carbocycles. The summed E-state index contributed by atoms with van der Waals surface area (Å²) in [5.74, 6) is 0.336. The molecule has 2 heterocycles. The van der Waals surface area contributed by atoms with E-state index >= 15 is 0 Å². The van der Waals surface area contributed by atoms with Crippen LogP contribution in [0.3, 0.4) is 0 Å². The van der Waals surface area contributed by atoms with Crippen LogP contribution in [0.2, 0.25) is 0 Å². The summed E-state index contributed by atoms with van der Waals surface area (Å²) in [4.78, 5) is 30.5. The van der Waals surface area contributed by atoms with E-state index in [1.165, 1.54) is 7.11 Å². The smallest absolute Gasteiger partial charge is 0.337 e. The molecule has 0 spiro atoms. The number of hydrogen-bond acceptors (Lipinski definition) is 5. The average molecular weight is 390 g/mol. The van der Waals surface area contributed by atoms with Gasteiger partial charge in [-0.05, 0) is 36.4 Å². The van der Waals surface area contributed by atoms with E-state index in [1.807, 2.05) is 35.2 Å². The van der Waals surface area contributed by atoms with Crippen LogP contribution < -0.4 is 4.74 Å². The fourth-order valence-corrected chi connectivity index (χ4v) is 3.58. The summed E-state index contributed by atoms with van der Waals surface area (Å²) in [5, 5.41) is 1.05. The zero-order valence-corrected chi connectivity index (χ0v) is 16.2. The van der Waals surface area contributed by atoms with E-state index in [0.29, 0.717) is 24.2 Å². The van der Waals surface area contributed by atoms with Crippen LogP contribution in [0.15, 0.2) is 60.8 Å². The van der Waals surface area contributed by atoms with Gasteiger partial charge in [0, 0.05) is 43.1 Å². The number of methoxy groups -OCH3 is 1. The highest BCUT2D eigenvalue weighted by Crippen LogP contribution is 2.26. The van der Waals surface area contributed by atoms with Crippen LogP contribution in [-0.4, -0.2) is 48.1 Å². The van der Waals surface area contributed by atoms with E-state index in [4.69, 9.17) is 4.74 Å². The Kier molecular flexibility index (Phi) is 5.42. The first kappa shape index (κ1) is 18.9. The van der Waals surface area contributed by atoms with Crippen molar-refractivity contribution in [1.82, 2.24) is 9.88 Å².